The van der Waals surface area contributed by atoms with Crippen LogP contribution >= 0.6 is 16.9 Å². The van der Waals surface area contributed by atoms with Gasteiger partial charge in [-0.2, -0.15) is 0 Å². The normalized spacial score (nSPS) is 13.0. The van der Waals surface area contributed by atoms with Crippen molar-refractivity contribution < 1.29 is 23.5 Å². The van der Waals surface area contributed by atoms with Crippen molar-refractivity contribution in [2.45, 2.75) is 44.7 Å². The molecule has 7 nitrogen and oxygen atoms in total. The number of hydrogen-bond donors (Lipinski definition) is 2. The topological polar surface area (TPSA) is 102 Å². The summed E-state index contributed by atoms with van der Waals surface area (Å²) in [5.74, 6) is -0.373. The first kappa shape index (κ1) is 17.9. The number of amides is 2. The second-order valence-electron chi connectivity index (χ2n) is 4.68. The summed E-state index contributed by atoms with van der Waals surface area (Å²) in [5.41, 5.74) is -1.47. The number of carbonyl (C=O) groups excluding carboxylic acids is 2. The first-order chi connectivity index (χ1) is 8.78. The number of alkyl carbamates (subject to hydrolysis) is 1. The van der Waals surface area contributed by atoms with E-state index in [-0.39, 0.29) is 18.9 Å². The lowest BCUT2D eigenvalue weighted by Crippen LogP contribution is -2.33. The Bertz CT molecular complexity index is 335. The van der Waals surface area contributed by atoms with Gasteiger partial charge >= 0.3 is 6.09 Å². The Hall–Kier alpha value is -1.06. The minimum absolute atomic E-state index is 0.136. The molecule has 0 aromatic heterocycles. The van der Waals surface area contributed by atoms with E-state index in [9.17, 15) is 18.7 Å². The summed E-state index contributed by atoms with van der Waals surface area (Å²) in [7, 11) is -0.808. The van der Waals surface area contributed by atoms with Gasteiger partial charge in [0.05, 0.1) is 0 Å². The van der Waals surface area contributed by atoms with Gasteiger partial charge in [-0.1, -0.05) is 0 Å². The molecule has 2 amide bonds. The first-order valence-electron chi connectivity index (χ1n) is 5.69. The van der Waals surface area contributed by atoms with Crippen LogP contribution in [0.25, 0.3) is 0 Å². The molecular formula is C10H18N2O5P2. The van der Waals surface area contributed by atoms with Crippen LogP contribution in [-0.2, 0) is 18.7 Å². The number of ether oxygens (including phenoxy) is 1. The molecule has 0 saturated carbocycles. The van der Waals surface area contributed by atoms with Crippen molar-refractivity contribution in [3.63, 3.8) is 0 Å². The smallest absolute Gasteiger partial charge is 0.407 e. The van der Waals surface area contributed by atoms with Crippen molar-refractivity contribution in [1.82, 2.24) is 10.6 Å². The minimum atomic E-state index is -0.911. The van der Waals surface area contributed by atoms with Crippen LogP contribution < -0.4 is 10.6 Å². The van der Waals surface area contributed by atoms with Gasteiger partial charge in [-0.15, -0.1) is 0 Å². The zero-order valence-corrected chi connectivity index (χ0v) is 12.9. The fourth-order valence-electron chi connectivity index (χ4n) is 1.04. The van der Waals surface area contributed by atoms with Gasteiger partial charge in [-0.3, -0.25) is 13.9 Å². The van der Waals surface area contributed by atoms with E-state index in [1.165, 1.54) is 0 Å². The summed E-state index contributed by atoms with van der Waals surface area (Å²) >= 11 is 0. The van der Waals surface area contributed by atoms with E-state index in [1.807, 2.05) is 0 Å². The largest absolute Gasteiger partial charge is 0.444 e. The molecule has 0 aliphatic carbocycles. The standard InChI is InChI=1S/C10H18N2O5P2/c1-10(2,3)17-8(14)11-6-4-5-7(13)12-9(18-15)19-16/h9H,4-6H2,1-3H3,(H,11,14)(H,12,13). The van der Waals surface area contributed by atoms with Gasteiger partial charge in [0, 0.05) is 13.0 Å². The van der Waals surface area contributed by atoms with Crippen LogP contribution in [-0.4, -0.2) is 29.7 Å². The number of rotatable bonds is 7. The molecule has 0 aromatic rings. The summed E-state index contributed by atoms with van der Waals surface area (Å²) in [6, 6.07) is 0. The highest BCUT2D eigenvalue weighted by molar-refractivity contribution is 7.44. The zero-order chi connectivity index (χ0) is 14.9. The Balaban J connectivity index is 3.75. The van der Waals surface area contributed by atoms with Crippen molar-refractivity contribution in [2.75, 3.05) is 6.54 Å². The summed E-state index contributed by atoms with van der Waals surface area (Å²) in [4.78, 5) is 22.6. The summed E-state index contributed by atoms with van der Waals surface area (Å²) in [5, 5.41) is 4.82. The Kier molecular flexibility index (Phi) is 8.44. The van der Waals surface area contributed by atoms with E-state index in [0.29, 0.717) is 6.42 Å². The summed E-state index contributed by atoms with van der Waals surface area (Å²) in [6.45, 7) is 5.55. The van der Waals surface area contributed by atoms with Gasteiger partial charge in [0.1, 0.15) is 5.60 Å². The van der Waals surface area contributed by atoms with Gasteiger partial charge in [-0.25, -0.2) is 4.79 Å². The predicted octanol–water partition coefficient (Wildman–Crippen LogP) is 2.27. The lowest BCUT2D eigenvalue weighted by Gasteiger charge is -2.19. The highest BCUT2D eigenvalue weighted by Crippen LogP contribution is 2.15. The molecule has 2 N–H and O–H groups in total. The number of hydrogen-bond acceptors (Lipinski definition) is 5. The van der Waals surface area contributed by atoms with Crippen LogP contribution in [0.5, 0.6) is 0 Å². The molecule has 0 atom stereocenters. The Morgan fingerprint density at radius 3 is 2.26 bits per heavy atom. The van der Waals surface area contributed by atoms with Gasteiger partial charge in [0.15, 0.2) is 22.4 Å². The third kappa shape index (κ3) is 10.5. The average Bonchev–Trinajstić information content (AvgIpc) is 2.29. The predicted molar refractivity (Wildman–Crippen MR) is 70.6 cm³/mol. The SMILES string of the molecule is CC(C)(C)OC(=O)NCCCC(=O)NC(P=O)P=O. The summed E-state index contributed by atoms with van der Waals surface area (Å²) < 4.78 is 25.9. The second kappa shape index (κ2) is 8.94. The van der Waals surface area contributed by atoms with Crippen LogP contribution in [0.1, 0.15) is 33.6 Å². The van der Waals surface area contributed by atoms with Crippen LogP contribution in [0.4, 0.5) is 4.79 Å². The molecule has 9 heteroatoms. The molecular weight excluding hydrogens is 290 g/mol. The number of carbonyl (C=O) groups is 2. The van der Waals surface area contributed by atoms with Crippen molar-refractivity contribution in [2.24, 2.45) is 0 Å². The Morgan fingerprint density at radius 1 is 1.21 bits per heavy atom. The molecule has 0 aliphatic heterocycles. The Labute approximate surface area is 115 Å². The maximum absolute atomic E-state index is 11.3. The highest BCUT2D eigenvalue weighted by atomic mass is 31.1. The van der Waals surface area contributed by atoms with Crippen molar-refractivity contribution in [1.29, 1.82) is 0 Å². The third-order valence-electron chi connectivity index (χ3n) is 1.74. The molecule has 0 fully saturated rings. The van der Waals surface area contributed by atoms with Crippen molar-refractivity contribution in [3.05, 3.63) is 0 Å². The van der Waals surface area contributed by atoms with Crippen molar-refractivity contribution in [3.8, 4) is 0 Å². The van der Waals surface area contributed by atoms with E-state index in [4.69, 9.17) is 4.74 Å². The quantitative estimate of drug-likeness (QED) is 0.555. The maximum Gasteiger partial charge on any atom is 0.407 e. The first-order valence-corrected chi connectivity index (χ1v) is 7.46. The van der Waals surface area contributed by atoms with E-state index in [1.54, 1.807) is 20.8 Å². The fraction of sp³-hybridized carbons (Fsp3) is 0.800. The molecule has 0 aliphatic rings. The average molecular weight is 308 g/mol. The molecule has 0 spiro atoms. The van der Waals surface area contributed by atoms with E-state index >= 15 is 0 Å². The van der Waals surface area contributed by atoms with E-state index in [0.717, 1.165) is 0 Å². The lowest BCUT2D eigenvalue weighted by atomic mass is 10.2. The molecule has 0 unspecified atom stereocenters. The highest BCUT2D eigenvalue weighted by Gasteiger charge is 2.16. The fourth-order valence-corrected chi connectivity index (χ4v) is 1.59. The minimum Gasteiger partial charge on any atom is -0.444 e. The molecule has 0 rings (SSSR count). The van der Waals surface area contributed by atoms with Crippen molar-refractivity contribution >= 4 is 28.9 Å². The third-order valence-corrected chi connectivity index (χ3v) is 2.96. The monoisotopic (exact) mass is 308 g/mol. The van der Waals surface area contributed by atoms with Gasteiger partial charge in [-0.05, 0) is 27.2 Å². The molecule has 0 heterocycles. The van der Waals surface area contributed by atoms with Crippen LogP contribution in [0.3, 0.4) is 0 Å². The zero-order valence-electron chi connectivity index (χ0n) is 11.1. The van der Waals surface area contributed by atoms with Gasteiger partial charge in [0.2, 0.25) is 5.91 Å². The molecule has 0 aromatic carbocycles. The van der Waals surface area contributed by atoms with E-state index in [2.05, 4.69) is 10.6 Å². The van der Waals surface area contributed by atoms with Crippen LogP contribution in [0, 0.1) is 0 Å². The maximum atomic E-state index is 11.3. The Morgan fingerprint density at radius 2 is 1.79 bits per heavy atom. The molecule has 0 saturated heterocycles. The molecule has 108 valence electrons. The molecule has 19 heavy (non-hydrogen) atoms. The molecule has 0 radical (unpaired) electrons. The molecule has 0 bridgehead atoms. The van der Waals surface area contributed by atoms with Crippen LogP contribution in [0.2, 0.25) is 0 Å². The van der Waals surface area contributed by atoms with Crippen LogP contribution in [0.15, 0.2) is 0 Å². The summed E-state index contributed by atoms with van der Waals surface area (Å²) in [6.07, 6.45) is 0.00242. The van der Waals surface area contributed by atoms with E-state index < -0.39 is 34.1 Å². The van der Waals surface area contributed by atoms with Gasteiger partial charge in [0.25, 0.3) is 0 Å². The lowest BCUT2D eigenvalue weighted by molar-refractivity contribution is -0.121. The van der Waals surface area contributed by atoms with Gasteiger partial charge < -0.3 is 15.4 Å². The second-order valence-corrected chi connectivity index (χ2v) is 6.55. The number of nitrogens with one attached hydrogen (secondary N) is 2.